The van der Waals surface area contributed by atoms with Gasteiger partial charge in [0.05, 0.1) is 44.9 Å². The van der Waals surface area contributed by atoms with Gasteiger partial charge >= 0.3 is 12.3 Å². The first kappa shape index (κ1) is 35.2. The van der Waals surface area contributed by atoms with E-state index < -0.39 is 52.0 Å². The number of carbonyl (C=O) groups is 2. The Hall–Kier alpha value is -4.12. The maximum Gasteiger partial charge on any atom is 0.417 e. The normalized spacial score (nSPS) is 17.4. The van der Waals surface area contributed by atoms with Crippen molar-refractivity contribution in [2.75, 3.05) is 24.5 Å². The number of hydrogen-bond acceptors (Lipinski definition) is 9. The summed E-state index contributed by atoms with van der Waals surface area (Å²) < 4.78 is 74.0. The highest BCUT2D eigenvalue weighted by Gasteiger charge is 2.40. The minimum atomic E-state index is -4.62. The van der Waals surface area contributed by atoms with E-state index in [-0.39, 0.29) is 42.7 Å². The van der Waals surface area contributed by atoms with Gasteiger partial charge < -0.3 is 15.2 Å². The monoisotopic (exact) mass is 705 g/mol. The first-order chi connectivity index (χ1) is 22.8. The second kappa shape index (κ2) is 14.6. The average molecular weight is 706 g/mol. The Labute approximate surface area is 279 Å². The summed E-state index contributed by atoms with van der Waals surface area (Å²) in [5.74, 6) is -0.958. The van der Waals surface area contributed by atoms with Crippen molar-refractivity contribution in [3.63, 3.8) is 0 Å². The van der Waals surface area contributed by atoms with Crippen molar-refractivity contribution in [1.82, 2.24) is 19.6 Å². The number of aliphatic hydroxyl groups excluding tert-OH is 1. The molecule has 1 aliphatic rings. The largest absolute Gasteiger partial charge is 0.434 e. The van der Waals surface area contributed by atoms with Crippen molar-refractivity contribution in [2.24, 2.45) is 5.92 Å². The minimum absolute atomic E-state index is 0.0493. The SMILES string of the molecule is CC[C@H](C)CN(C[C@@H](O)C(Cc1ccccc1)NC(=O)C1CN(c2ccc(C(F)(F)F)cn2)C(=O)O1)S(=O)(=O)c1ccc2ncsc2c1. The molecule has 0 saturated carbocycles. The van der Waals surface area contributed by atoms with E-state index in [2.05, 4.69) is 15.3 Å². The summed E-state index contributed by atoms with van der Waals surface area (Å²) in [5, 5.41) is 14.3. The highest BCUT2D eigenvalue weighted by atomic mass is 32.2. The minimum Gasteiger partial charge on any atom is -0.434 e. The number of pyridine rings is 1. The Morgan fingerprint density at radius 3 is 2.56 bits per heavy atom. The molecule has 0 spiro atoms. The lowest BCUT2D eigenvalue weighted by Crippen LogP contribution is -2.53. The lowest BCUT2D eigenvalue weighted by Gasteiger charge is -2.31. The summed E-state index contributed by atoms with van der Waals surface area (Å²) in [4.78, 5) is 35.0. The molecule has 2 unspecified atom stereocenters. The van der Waals surface area contributed by atoms with Crippen molar-refractivity contribution >= 4 is 49.4 Å². The number of aliphatic hydroxyl groups is 1. The van der Waals surface area contributed by atoms with Gasteiger partial charge in [0.1, 0.15) is 5.82 Å². The van der Waals surface area contributed by atoms with Crippen LogP contribution in [0.2, 0.25) is 0 Å². The zero-order valence-electron chi connectivity index (χ0n) is 26.0. The topological polar surface area (TPSA) is 142 Å². The predicted molar refractivity (Wildman–Crippen MR) is 173 cm³/mol. The number of thiazole rings is 1. The molecule has 2 amide bonds. The molecule has 1 saturated heterocycles. The van der Waals surface area contributed by atoms with Crippen LogP contribution in [0.5, 0.6) is 0 Å². The zero-order valence-corrected chi connectivity index (χ0v) is 27.6. The highest BCUT2D eigenvalue weighted by Crippen LogP contribution is 2.30. The summed E-state index contributed by atoms with van der Waals surface area (Å²) in [7, 11) is -4.09. The van der Waals surface area contributed by atoms with Gasteiger partial charge in [-0.3, -0.25) is 9.69 Å². The highest BCUT2D eigenvalue weighted by molar-refractivity contribution is 7.89. The number of amides is 2. The summed E-state index contributed by atoms with van der Waals surface area (Å²) in [6.07, 6.45) is -7.00. The molecule has 0 bridgehead atoms. The number of rotatable bonds is 13. The number of nitrogens with one attached hydrogen (secondary N) is 1. The van der Waals surface area contributed by atoms with E-state index in [1.165, 1.54) is 21.7 Å². The van der Waals surface area contributed by atoms with E-state index in [1.54, 1.807) is 48.0 Å². The van der Waals surface area contributed by atoms with Crippen molar-refractivity contribution in [3.8, 4) is 0 Å². The molecule has 4 atom stereocenters. The number of alkyl halides is 3. The number of aromatic nitrogens is 2. The van der Waals surface area contributed by atoms with Gasteiger partial charge in [0.25, 0.3) is 5.91 Å². The second-order valence-electron chi connectivity index (χ2n) is 11.6. The zero-order chi connectivity index (χ0) is 34.6. The van der Waals surface area contributed by atoms with E-state index in [0.29, 0.717) is 22.8 Å². The Kier molecular flexibility index (Phi) is 10.7. The van der Waals surface area contributed by atoms with E-state index >= 15 is 0 Å². The molecule has 2 aromatic carbocycles. The van der Waals surface area contributed by atoms with E-state index in [4.69, 9.17) is 4.74 Å². The molecular weight excluding hydrogens is 672 g/mol. The van der Waals surface area contributed by atoms with Gasteiger partial charge in [0.15, 0.2) is 6.10 Å². The van der Waals surface area contributed by atoms with Gasteiger partial charge in [-0.1, -0.05) is 50.6 Å². The summed E-state index contributed by atoms with van der Waals surface area (Å²) >= 11 is 1.31. The molecule has 3 heterocycles. The molecule has 5 rings (SSSR count). The van der Waals surface area contributed by atoms with Crippen LogP contribution in [0.25, 0.3) is 10.2 Å². The molecule has 2 N–H and O–H groups in total. The molecule has 48 heavy (non-hydrogen) atoms. The third kappa shape index (κ3) is 8.11. The fraction of sp³-hybridized carbons (Fsp3) is 0.375. The Morgan fingerprint density at radius 1 is 1.15 bits per heavy atom. The molecule has 1 aliphatic heterocycles. The number of sulfonamides is 1. The smallest absolute Gasteiger partial charge is 0.417 e. The maximum atomic E-state index is 14.0. The van der Waals surface area contributed by atoms with Crippen LogP contribution < -0.4 is 10.2 Å². The maximum absolute atomic E-state index is 14.0. The molecule has 0 aliphatic carbocycles. The van der Waals surface area contributed by atoms with Gasteiger partial charge in [-0.2, -0.15) is 17.5 Å². The number of fused-ring (bicyclic) bond motifs is 1. The van der Waals surface area contributed by atoms with Crippen molar-refractivity contribution in [2.45, 2.75) is 56.0 Å². The second-order valence-corrected chi connectivity index (χ2v) is 14.4. The van der Waals surface area contributed by atoms with E-state index in [0.717, 1.165) is 22.6 Å². The quantitative estimate of drug-likeness (QED) is 0.201. The summed E-state index contributed by atoms with van der Waals surface area (Å²) in [5.41, 5.74) is 2.03. The summed E-state index contributed by atoms with van der Waals surface area (Å²) in [6, 6.07) is 14.3. The molecule has 11 nitrogen and oxygen atoms in total. The molecule has 2 aromatic heterocycles. The average Bonchev–Trinajstić information content (AvgIpc) is 3.70. The molecule has 4 aromatic rings. The van der Waals surface area contributed by atoms with Crippen LogP contribution in [0.15, 0.2) is 77.3 Å². The Morgan fingerprint density at radius 2 is 1.90 bits per heavy atom. The van der Waals surface area contributed by atoms with Crippen LogP contribution in [0, 0.1) is 5.92 Å². The van der Waals surface area contributed by atoms with Gasteiger partial charge in [-0.25, -0.2) is 23.2 Å². The number of hydrogen-bond donors (Lipinski definition) is 2. The number of halogens is 3. The van der Waals surface area contributed by atoms with Crippen molar-refractivity contribution < 1.29 is 41.0 Å². The number of benzene rings is 2. The van der Waals surface area contributed by atoms with Crippen LogP contribution in [0.1, 0.15) is 31.4 Å². The van der Waals surface area contributed by atoms with Crippen molar-refractivity contribution in [3.05, 3.63) is 83.5 Å². The number of ether oxygens (including phenoxy) is 1. The first-order valence-electron chi connectivity index (χ1n) is 15.1. The van der Waals surface area contributed by atoms with Crippen LogP contribution >= 0.6 is 11.3 Å². The fourth-order valence-electron chi connectivity index (χ4n) is 5.16. The third-order valence-corrected chi connectivity index (χ3v) is 10.7. The fourth-order valence-corrected chi connectivity index (χ4v) is 7.55. The van der Waals surface area contributed by atoms with Gasteiger partial charge in [-0.15, -0.1) is 11.3 Å². The third-order valence-electron chi connectivity index (χ3n) is 8.09. The Bertz CT molecular complexity index is 1840. The van der Waals surface area contributed by atoms with Crippen molar-refractivity contribution in [1.29, 1.82) is 0 Å². The van der Waals surface area contributed by atoms with Crippen LogP contribution in [-0.2, 0) is 32.2 Å². The van der Waals surface area contributed by atoms with E-state index in [9.17, 15) is 36.3 Å². The molecular formula is C32H34F3N5O6S2. The van der Waals surface area contributed by atoms with Gasteiger partial charge in [0.2, 0.25) is 10.0 Å². The number of carbonyl (C=O) groups excluding carboxylic acids is 2. The summed E-state index contributed by atoms with van der Waals surface area (Å²) in [6.45, 7) is 3.25. The van der Waals surface area contributed by atoms with Crippen LogP contribution in [-0.4, -0.2) is 77.7 Å². The lowest BCUT2D eigenvalue weighted by molar-refractivity contribution is -0.137. The van der Waals surface area contributed by atoms with Crippen LogP contribution in [0.3, 0.4) is 0 Å². The van der Waals surface area contributed by atoms with Gasteiger partial charge in [0, 0.05) is 19.3 Å². The molecule has 16 heteroatoms. The number of cyclic esters (lactones) is 1. The molecule has 0 radical (unpaired) electrons. The molecule has 256 valence electrons. The Balaban J connectivity index is 1.36. The predicted octanol–water partition coefficient (Wildman–Crippen LogP) is 4.86. The van der Waals surface area contributed by atoms with Gasteiger partial charge in [-0.05, 0) is 48.2 Å². The van der Waals surface area contributed by atoms with Crippen LogP contribution in [0.4, 0.5) is 23.8 Å². The number of nitrogens with zero attached hydrogens (tertiary/aromatic N) is 4. The number of anilines is 1. The first-order valence-corrected chi connectivity index (χ1v) is 17.5. The lowest BCUT2D eigenvalue weighted by atomic mass is 10.0. The molecule has 1 fully saturated rings. The van der Waals surface area contributed by atoms with E-state index in [1.807, 2.05) is 13.8 Å². The standard InChI is InChI=1S/C32H34F3N5O6S2/c1-3-20(2)16-39(48(44,45)23-10-11-24-28(14-23)47-19-37-24)17-26(41)25(13-21-7-5-4-6-8-21)38-30(42)27-18-40(31(43)46-27)29-12-9-22(15-36-29)32(33,34)35/h4-12,14-15,19-20,25-27,41H,3,13,16-18H2,1-2H3,(H,38,42)/t20-,25?,26+,27?/m0/s1.